The van der Waals surface area contributed by atoms with E-state index in [4.69, 9.17) is 4.42 Å². The third-order valence-corrected chi connectivity index (χ3v) is 4.48. The van der Waals surface area contributed by atoms with Crippen LogP contribution in [0, 0.1) is 23.7 Å². The van der Waals surface area contributed by atoms with Crippen LogP contribution in [0.5, 0.6) is 0 Å². The van der Waals surface area contributed by atoms with Crippen molar-refractivity contribution in [3.8, 4) is 0 Å². The first kappa shape index (κ1) is 7.26. The summed E-state index contributed by atoms with van der Waals surface area (Å²) in [4.78, 5) is 10.8. The van der Waals surface area contributed by atoms with Crippen LogP contribution in [-0.4, -0.2) is 10.2 Å². The highest BCUT2D eigenvalue weighted by Crippen LogP contribution is 2.72. The van der Waals surface area contributed by atoms with E-state index in [1.807, 2.05) is 0 Å². The fraction of sp³-hybridized carbons (Fsp3) is 0.800. The number of aromatic amines is 1. The van der Waals surface area contributed by atoms with Crippen LogP contribution in [-0.2, 0) is 0 Å². The first-order chi connectivity index (χ1) is 6.84. The van der Waals surface area contributed by atoms with Crippen LogP contribution >= 0.6 is 0 Å². The van der Waals surface area contributed by atoms with Gasteiger partial charge in [0.15, 0.2) is 0 Å². The minimum Gasteiger partial charge on any atom is -0.392 e. The maximum Gasteiger partial charge on any atom is 0.434 e. The lowest BCUT2D eigenvalue weighted by Crippen LogP contribution is -1.97. The van der Waals surface area contributed by atoms with Crippen LogP contribution in [0.25, 0.3) is 0 Å². The molecule has 4 rings (SSSR count). The zero-order valence-electron chi connectivity index (χ0n) is 7.77. The molecule has 3 fully saturated rings. The summed E-state index contributed by atoms with van der Waals surface area (Å²) in [5.41, 5.74) is 0. The van der Waals surface area contributed by atoms with E-state index in [2.05, 4.69) is 10.2 Å². The summed E-state index contributed by atoms with van der Waals surface area (Å²) in [5, 5.41) is 6.31. The second-order valence-electron chi connectivity index (χ2n) is 4.97. The van der Waals surface area contributed by atoms with E-state index < -0.39 is 5.76 Å². The van der Waals surface area contributed by atoms with Gasteiger partial charge in [0.2, 0.25) is 5.89 Å². The molecule has 4 atom stereocenters. The van der Waals surface area contributed by atoms with Crippen molar-refractivity contribution in [2.45, 2.75) is 25.2 Å². The van der Waals surface area contributed by atoms with Crippen molar-refractivity contribution in [2.75, 3.05) is 0 Å². The van der Waals surface area contributed by atoms with E-state index >= 15 is 0 Å². The van der Waals surface area contributed by atoms with Crippen molar-refractivity contribution in [2.24, 2.45) is 23.7 Å². The van der Waals surface area contributed by atoms with Crippen molar-refractivity contribution in [1.29, 1.82) is 0 Å². The Bertz CT molecular complexity index is 419. The molecular weight excluding hydrogens is 180 g/mol. The van der Waals surface area contributed by atoms with Crippen LogP contribution < -0.4 is 5.76 Å². The summed E-state index contributed by atoms with van der Waals surface area (Å²) in [5.74, 6) is 4.12. The molecule has 4 nitrogen and oxygen atoms in total. The topological polar surface area (TPSA) is 58.9 Å². The highest BCUT2D eigenvalue weighted by molar-refractivity contribution is 5.22. The average molecular weight is 192 g/mol. The summed E-state index contributed by atoms with van der Waals surface area (Å²) in [7, 11) is 0. The lowest BCUT2D eigenvalue weighted by molar-refractivity contribution is 0.416. The van der Waals surface area contributed by atoms with Gasteiger partial charge in [-0.1, -0.05) is 0 Å². The number of hydrogen-bond acceptors (Lipinski definition) is 3. The summed E-state index contributed by atoms with van der Waals surface area (Å²) in [6.07, 6.45) is 4.19. The molecule has 74 valence electrons. The van der Waals surface area contributed by atoms with Crippen LogP contribution in [0.2, 0.25) is 0 Å². The Kier molecular flexibility index (Phi) is 1.10. The molecule has 0 radical (unpaired) electrons. The van der Waals surface area contributed by atoms with Gasteiger partial charge in [-0.25, -0.2) is 9.89 Å². The Morgan fingerprint density at radius 1 is 1.29 bits per heavy atom. The molecule has 4 unspecified atom stereocenters. The Morgan fingerprint density at radius 2 is 2.00 bits per heavy atom. The Balaban J connectivity index is 1.69. The lowest BCUT2D eigenvalue weighted by atomic mass is 10.0. The molecule has 1 aromatic rings. The molecule has 0 aliphatic heterocycles. The summed E-state index contributed by atoms with van der Waals surface area (Å²) < 4.78 is 5.05. The standard InChI is InChI=1S/C10H12N2O2/c13-10-12-11-9(14-10)8-6-4-1-2-5(3-4)7(6)8/h4-8H,1-3H2,(H,12,13). The van der Waals surface area contributed by atoms with Gasteiger partial charge >= 0.3 is 5.76 Å². The minimum atomic E-state index is -0.405. The lowest BCUT2D eigenvalue weighted by Gasteiger charge is -2.04. The van der Waals surface area contributed by atoms with Gasteiger partial charge in [-0.3, -0.25) is 0 Å². The summed E-state index contributed by atoms with van der Waals surface area (Å²) >= 11 is 0. The van der Waals surface area contributed by atoms with Gasteiger partial charge in [-0.2, -0.15) is 0 Å². The number of nitrogens with one attached hydrogen (secondary N) is 1. The molecule has 0 amide bonds. The molecule has 3 aliphatic carbocycles. The van der Waals surface area contributed by atoms with Gasteiger partial charge in [0.05, 0.1) is 0 Å². The normalized spacial score (nSPS) is 48.1. The number of fused-ring (bicyclic) bond motifs is 5. The maximum absolute atomic E-state index is 10.8. The summed E-state index contributed by atoms with van der Waals surface area (Å²) in [6, 6.07) is 0. The van der Waals surface area contributed by atoms with Crippen molar-refractivity contribution in [3.63, 3.8) is 0 Å². The number of rotatable bonds is 1. The van der Waals surface area contributed by atoms with Gasteiger partial charge in [0.1, 0.15) is 0 Å². The molecular formula is C10H12N2O2. The monoisotopic (exact) mass is 192 g/mol. The molecule has 0 saturated heterocycles. The SMILES string of the molecule is O=c1[nH]nc(C2C3C4CCC(C4)C23)o1. The summed E-state index contributed by atoms with van der Waals surface area (Å²) in [6.45, 7) is 0. The van der Waals surface area contributed by atoms with Gasteiger partial charge in [0, 0.05) is 5.92 Å². The molecule has 4 heteroatoms. The molecule has 14 heavy (non-hydrogen) atoms. The first-order valence-electron chi connectivity index (χ1n) is 5.40. The molecule has 3 saturated carbocycles. The van der Waals surface area contributed by atoms with Crippen molar-refractivity contribution in [1.82, 2.24) is 10.2 Å². The Hall–Kier alpha value is -1.06. The number of H-pyrrole nitrogens is 1. The van der Waals surface area contributed by atoms with E-state index in [0.29, 0.717) is 11.8 Å². The van der Waals surface area contributed by atoms with Crippen molar-refractivity contribution < 1.29 is 4.42 Å². The molecule has 3 aliphatic rings. The maximum atomic E-state index is 10.8. The van der Waals surface area contributed by atoms with Crippen LogP contribution in [0.1, 0.15) is 31.1 Å². The molecule has 0 aromatic carbocycles. The molecule has 2 bridgehead atoms. The second-order valence-corrected chi connectivity index (χ2v) is 4.97. The van der Waals surface area contributed by atoms with E-state index in [0.717, 1.165) is 23.7 Å². The predicted octanol–water partition coefficient (Wildman–Crippen LogP) is 1.12. The predicted molar refractivity (Wildman–Crippen MR) is 47.7 cm³/mol. The van der Waals surface area contributed by atoms with Crippen molar-refractivity contribution >= 4 is 0 Å². The van der Waals surface area contributed by atoms with Gasteiger partial charge in [0.25, 0.3) is 0 Å². The molecule has 1 heterocycles. The first-order valence-corrected chi connectivity index (χ1v) is 5.40. The fourth-order valence-corrected chi connectivity index (χ4v) is 4.04. The average Bonchev–Trinajstić information content (AvgIpc) is 2.58. The number of nitrogens with zero attached hydrogens (tertiary/aromatic N) is 1. The van der Waals surface area contributed by atoms with Gasteiger partial charge in [-0.15, -0.1) is 5.10 Å². The van der Waals surface area contributed by atoms with Crippen LogP contribution in [0.15, 0.2) is 9.21 Å². The van der Waals surface area contributed by atoms with Crippen LogP contribution in [0.3, 0.4) is 0 Å². The highest BCUT2D eigenvalue weighted by atomic mass is 16.4. The highest BCUT2D eigenvalue weighted by Gasteiger charge is 2.67. The van der Waals surface area contributed by atoms with Gasteiger partial charge in [-0.05, 0) is 42.9 Å². The van der Waals surface area contributed by atoms with E-state index in [1.54, 1.807) is 0 Å². The quantitative estimate of drug-likeness (QED) is 0.725. The number of hydrogen-bond donors (Lipinski definition) is 1. The van der Waals surface area contributed by atoms with Gasteiger partial charge < -0.3 is 4.42 Å². The third-order valence-electron chi connectivity index (χ3n) is 4.48. The fourth-order valence-electron chi connectivity index (χ4n) is 4.04. The minimum absolute atomic E-state index is 0.405. The van der Waals surface area contributed by atoms with Crippen LogP contribution in [0.4, 0.5) is 0 Å². The third kappa shape index (κ3) is 0.713. The largest absolute Gasteiger partial charge is 0.434 e. The Morgan fingerprint density at radius 3 is 2.57 bits per heavy atom. The van der Waals surface area contributed by atoms with Crippen molar-refractivity contribution in [3.05, 3.63) is 16.4 Å². The second kappa shape index (κ2) is 2.12. The smallest absolute Gasteiger partial charge is 0.392 e. The Labute approximate surface area is 80.7 Å². The molecule has 1 N–H and O–H groups in total. The molecule has 1 aromatic heterocycles. The number of aromatic nitrogens is 2. The zero-order valence-corrected chi connectivity index (χ0v) is 7.77. The zero-order chi connectivity index (χ0) is 9.28. The molecule has 0 spiro atoms. The van der Waals surface area contributed by atoms with E-state index in [1.165, 1.54) is 19.3 Å². The van der Waals surface area contributed by atoms with E-state index in [-0.39, 0.29) is 0 Å². The van der Waals surface area contributed by atoms with E-state index in [9.17, 15) is 4.79 Å².